The van der Waals surface area contributed by atoms with Crippen molar-refractivity contribution >= 4 is 15.7 Å². The van der Waals surface area contributed by atoms with Gasteiger partial charge in [0.15, 0.2) is 0 Å². The molecule has 20 heavy (non-hydrogen) atoms. The molecule has 0 bridgehead atoms. The zero-order valence-corrected chi connectivity index (χ0v) is 12.0. The van der Waals surface area contributed by atoms with E-state index in [1.807, 2.05) is 6.92 Å². The van der Waals surface area contributed by atoms with E-state index in [0.717, 1.165) is 6.07 Å². The van der Waals surface area contributed by atoms with Crippen LogP contribution < -0.4 is 10.0 Å². The summed E-state index contributed by atoms with van der Waals surface area (Å²) in [6, 6.07) is 3.36. The maximum Gasteiger partial charge on any atom is 0.416 e. The second-order valence-corrected chi connectivity index (χ2v) is 6.14. The highest BCUT2D eigenvalue weighted by Gasteiger charge is 2.32. The molecule has 8 heteroatoms. The quantitative estimate of drug-likeness (QED) is 0.793. The molecule has 0 aliphatic carbocycles. The predicted molar refractivity (Wildman–Crippen MR) is 72.1 cm³/mol. The minimum absolute atomic E-state index is 0.0492. The summed E-state index contributed by atoms with van der Waals surface area (Å²) in [5.74, 6) is -0.198. The minimum atomic E-state index is -4.50. The molecular weight excluding hydrogens is 293 g/mol. The van der Waals surface area contributed by atoms with Crippen molar-refractivity contribution < 1.29 is 21.6 Å². The van der Waals surface area contributed by atoms with Crippen molar-refractivity contribution in [3.05, 3.63) is 29.3 Å². The fourth-order valence-electron chi connectivity index (χ4n) is 1.60. The van der Waals surface area contributed by atoms with Gasteiger partial charge in [0.25, 0.3) is 0 Å². The summed E-state index contributed by atoms with van der Waals surface area (Å²) in [4.78, 5) is 0. The summed E-state index contributed by atoms with van der Waals surface area (Å²) in [6.07, 6.45) is -4.50. The normalized spacial score (nSPS) is 12.4. The third kappa shape index (κ3) is 5.01. The number of hydrogen-bond donors (Lipinski definition) is 2. The van der Waals surface area contributed by atoms with Crippen molar-refractivity contribution in [2.45, 2.75) is 20.0 Å². The van der Waals surface area contributed by atoms with Gasteiger partial charge in [0.1, 0.15) is 0 Å². The lowest BCUT2D eigenvalue weighted by Gasteiger charge is -2.13. The van der Waals surface area contributed by atoms with Crippen LogP contribution in [-0.4, -0.2) is 27.3 Å². The average Bonchev–Trinajstić information content (AvgIpc) is 2.30. The Hall–Kier alpha value is -1.28. The van der Waals surface area contributed by atoms with Crippen LogP contribution in [0.4, 0.5) is 18.9 Å². The second kappa shape index (κ2) is 6.45. The van der Waals surface area contributed by atoms with Crippen molar-refractivity contribution in [1.82, 2.24) is 5.32 Å². The average molecular weight is 310 g/mol. The lowest BCUT2D eigenvalue weighted by atomic mass is 10.1. The first-order valence-electron chi connectivity index (χ1n) is 6.05. The lowest BCUT2D eigenvalue weighted by molar-refractivity contribution is -0.138. The molecule has 0 atom stereocenters. The fourth-order valence-corrected chi connectivity index (χ4v) is 2.61. The van der Waals surface area contributed by atoms with E-state index in [-0.39, 0.29) is 23.5 Å². The van der Waals surface area contributed by atoms with Crippen LogP contribution in [0.2, 0.25) is 0 Å². The summed E-state index contributed by atoms with van der Waals surface area (Å²) < 4.78 is 63.7. The van der Waals surface area contributed by atoms with Crippen molar-refractivity contribution in [2.24, 2.45) is 0 Å². The molecule has 1 aromatic carbocycles. The van der Waals surface area contributed by atoms with Crippen LogP contribution in [0.15, 0.2) is 18.2 Å². The smallest absolute Gasteiger partial charge is 0.316 e. The number of anilines is 1. The van der Waals surface area contributed by atoms with Crippen LogP contribution in [0.1, 0.15) is 18.1 Å². The Bertz CT molecular complexity index is 556. The van der Waals surface area contributed by atoms with Gasteiger partial charge in [-0.05, 0) is 31.2 Å². The molecule has 2 N–H and O–H groups in total. The molecule has 0 heterocycles. The summed E-state index contributed by atoms with van der Waals surface area (Å²) >= 11 is 0. The van der Waals surface area contributed by atoms with Gasteiger partial charge in [0, 0.05) is 12.2 Å². The molecule has 0 unspecified atom stereocenters. The van der Waals surface area contributed by atoms with E-state index in [1.54, 1.807) is 0 Å². The Morgan fingerprint density at radius 1 is 1.25 bits per heavy atom. The van der Waals surface area contributed by atoms with E-state index in [4.69, 9.17) is 0 Å². The van der Waals surface area contributed by atoms with E-state index in [9.17, 15) is 21.6 Å². The molecule has 1 rings (SSSR count). The number of nitrogens with one attached hydrogen (secondary N) is 2. The van der Waals surface area contributed by atoms with Gasteiger partial charge < -0.3 is 5.32 Å². The molecule has 0 saturated heterocycles. The highest BCUT2D eigenvalue weighted by Crippen LogP contribution is 2.33. The maximum atomic E-state index is 12.7. The standard InChI is InChI=1S/C12H17F3N2O2S/c1-3-16-6-7-20(18,19)17-10-5-4-9(2)11(8-10)12(13,14)15/h4-5,8,16-17H,3,6-7H2,1-2H3. The number of aryl methyl sites for hydroxylation is 1. The van der Waals surface area contributed by atoms with Gasteiger partial charge in [0.05, 0.1) is 11.3 Å². The van der Waals surface area contributed by atoms with Gasteiger partial charge in [-0.3, -0.25) is 4.72 Å². The van der Waals surface area contributed by atoms with E-state index in [0.29, 0.717) is 6.54 Å². The molecule has 1 aromatic rings. The number of sulfonamides is 1. The Morgan fingerprint density at radius 3 is 2.45 bits per heavy atom. The number of halogens is 3. The molecule has 114 valence electrons. The number of rotatable bonds is 6. The van der Waals surface area contributed by atoms with Gasteiger partial charge >= 0.3 is 6.18 Å². The molecule has 0 spiro atoms. The Labute approximate surface area is 116 Å². The van der Waals surface area contributed by atoms with E-state index >= 15 is 0 Å². The van der Waals surface area contributed by atoms with E-state index in [2.05, 4.69) is 10.0 Å². The number of alkyl halides is 3. The van der Waals surface area contributed by atoms with Crippen molar-refractivity contribution in [2.75, 3.05) is 23.6 Å². The first kappa shape index (κ1) is 16.8. The topological polar surface area (TPSA) is 58.2 Å². The Morgan fingerprint density at radius 2 is 1.90 bits per heavy atom. The van der Waals surface area contributed by atoms with Gasteiger partial charge in [-0.1, -0.05) is 13.0 Å². The SMILES string of the molecule is CCNCCS(=O)(=O)Nc1ccc(C)c(C(F)(F)F)c1. The van der Waals surface area contributed by atoms with Gasteiger partial charge in [-0.15, -0.1) is 0 Å². The first-order valence-corrected chi connectivity index (χ1v) is 7.70. The van der Waals surface area contributed by atoms with Crippen molar-refractivity contribution in [1.29, 1.82) is 0 Å². The van der Waals surface area contributed by atoms with Crippen LogP contribution in [0, 0.1) is 6.92 Å². The zero-order valence-electron chi connectivity index (χ0n) is 11.2. The molecule has 0 fully saturated rings. The molecule has 0 saturated carbocycles. The van der Waals surface area contributed by atoms with Crippen LogP contribution >= 0.6 is 0 Å². The van der Waals surface area contributed by atoms with Gasteiger partial charge in [-0.25, -0.2) is 8.42 Å². The summed E-state index contributed by atoms with van der Waals surface area (Å²) in [6.45, 7) is 4.02. The molecular formula is C12H17F3N2O2S. The largest absolute Gasteiger partial charge is 0.416 e. The van der Waals surface area contributed by atoms with E-state index < -0.39 is 21.8 Å². The van der Waals surface area contributed by atoms with Crippen LogP contribution in [0.5, 0.6) is 0 Å². The highest BCUT2D eigenvalue weighted by molar-refractivity contribution is 7.92. The number of hydrogen-bond acceptors (Lipinski definition) is 3. The summed E-state index contributed by atoms with van der Waals surface area (Å²) in [5, 5.41) is 2.84. The maximum absolute atomic E-state index is 12.7. The third-order valence-electron chi connectivity index (χ3n) is 2.61. The first-order chi connectivity index (χ1) is 9.15. The molecule has 0 aromatic heterocycles. The second-order valence-electron chi connectivity index (χ2n) is 4.30. The summed E-state index contributed by atoms with van der Waals surface area (Å²) in [7, 11) is -3.66. The lowest BCUT2D eigenvalue weighted by Crippen LogP contribution is -2.26. The number of benzene rings is 1. The monoisotopic (exact) mass is 310 g/mol. The van der Waals surface area contributed by atoms with Gasteiger partial charge in [-0.2, -0.15) is 13.2 Å². The van der Waals surface area contributed by atoms with Crippen molar-refractivity contribution in [3.63, 3.8) is 0 Å². The van der Waals surface area contributed by atoms with Crippen LogP contribution in [0.25, 0.3) is 0 Å². The molecule has 4 nitrogen and oxygen atoms in total. The van der Waals surface area contributed by atoms with Crippen LogP contribution in [-0.2, 0) is 16.2 Å². The molecule has 0 aliphatic heterocycles. The minimum Gasteiger partial charge on any atom is -0.316 e. The molecule has 0 radical (unpaired) electrons. The van der Waals surface area contributed by atoms with Gasteiger partial charge in [0.2, 0.25) is 10.0 Å². The Balaban J connectivity index is 2.88. The predicted octanol–water partition coefficient (Wildman–Crippen LogP) is 2.37. The van der Waals surface area contributed by atoms with E-state index in [1.165, 1.54) is 19.1 Å². The van der Waals surface area contributed by atoms with Crippen molar-refractivity contribution in [3.8, 4) is 0 Å². The Kier molecular flexibility index (Phi) is 5.41. The van der Waals surface area contributed by atoms with Crippen LogP contribution in [0.3, 0.4) is 0 Å². The molecule has 0 aliphatic rings. The highest BCUT2D eigenvalue weighted by atomic mass is 32.2. The summed E-state index contributed by atoms with van der Waals surface area (Å²) in [5.41, 5.74) is -0.878. The third-order valence-corrected chi connectivity index (χ3v) is 3.90. The molecule has 0 amide bonds. The zero-order chi connectivity index (χ0) is 15.4. The fraction of sp³-hybridized carbons (Fsp3) is 0.500.